The van der Waals surface area contributed by atoms with E-state index in [1.54, 1.807) is 6.92 Å². The summed E-state index contributed by atoms with van der Waals surface area (Å²) in [6.07, 6.45) is -1.07. The molecule has 1 rings (SSSR count). The molecule has 1 saturated heterocycles. The van der Waals surface area contributed by atoms with Crippen LogP contribution in [0.25, 0.3) is 0 Å². The van der Waals surface area contributed by atoms with Crippen molar-refractivity contribution in [3.8, 4) is 0 Å². The molecule has 0 radical (unpaired) electrons. The van der Waals surface area contributed by atoms with E-state index in [2.05, 4.69) is 5.32 Å². The number of hydrogen-bond donors (Lipinski definition) is 1. The molecule has 1 heterocycles. The zero-order chi connectivity index (χ0) is 12.3. The van der Waals surface area contributed by atoms with E-state index in [-0.39, 0.29) is 12.3 Å². The summed E-state index contributed by atoms with van der Waals surface area (Å²) in [7, 11) is 0. The maximum atomic E-state index is 11.1. The van der Waals surface area contributed by atoms with Crippen LogP contribution >= 0.6 is 0 Å². The first kappa shape index (κ1) is 12.5. The fraction of sp³-hybridized carbons (Fsp3) is 0.700. The van der Waals surface area contributed by atoms with Gasteiger partial charge >= 0.3 is 11.9 Å². The molecule has 6 nitrogen and oxygen atoms in total. The predicted molar refractivity (Wildman–Crippen MR) is 53.3 cm³/mol. The minimum atomic E-state index is -0.611. The Hall–Kier alpha value is -1.59. The van der Waals surface area contributed by atoms with Gasteiger partial charge in [-0.1, -0.05) is 0 Å². The normalized spacial score (nSPS) is 25.8. The Labute approximate surface area is 93.3 Å². The van der Waals surface area contributed by atoms with E-state index in [9.17, 15) is 14.4 Å². The van der Waals surface area contributed by atoms with Crippen LogP contribution in [-0.2, 0) is 23.9 Å². The summed E-state index contributed by atoms with van der Waals surface area (Å²) >= 11 is 0. The minimum Gasteiger partial charge on any atom is -0.459 e. The fourth-order valence-corrected chi connectivity index (χ4v) is 1.72. The van der Waals surface area contributed by atoms with Crippen LogP contribution in [0.5, 0.6) is 0 Å². The number of hydrogen-bond acceptors (Lipinski definition) is 5. The van der Waals surface area contributed by atoms with Gasteiger partial charge in [-0.2, -0.15) is 0 Å². The monoisotopic (exact) mass is 229 g/mol. The van der Waals surface area contributed by atoms with Crippen molar-refractivity contribution in [2.75, 3.05) is 0 Å². The Kier molecular flexibility index (Phi) is 3.87. The number of esters is 2. The van der Waals surface area contributed by atoms with Crippen molar-refractivity contribution in [2.45, 2.75) is 45.4 Å². The van der Waals surface area contributed by atoms with Gasteiger partial charge in [-0.25, -0.2) is 0 Å². The maximum Gasteiger partial charge on any atom is 0.308 e. The second-order valence-electron chi connectivity index (χ2n) is 3.78. The molecule has 0 aliphatic carbocycles. The molecule has 1 aliphatic rings. The highest BCUT2D eigenvalue weighted by Crippen LogP contribution is 2.20. The van der Waals surface area contributed by atoms with Gasteiger partial charge in [0.05, 0.1) is 12.5 Å². The second kappa shape index (κ2) is 4.96. The summed E-state index contributed by atoms with van der Waals surface area (Å²) in [6.45, 7) is 4.26. The maximum absolute atomic E-state index is 11.1. The van der Waals surface area contributed by atoms with Crippen molar-refractivity contribution < 1.29 is 23.9 Å². The summed E-state index contributed by atoms with van der Waals surface area (Å²) in [5.74, 6) is -1.09. The highest BCUT2D eigenvalue weighted by Gasteiger charge is 2.40. The second-order valence-corrected chi connectivity index (χ2v) is 3.78. The van der Waals surface area contributed by atoms with Crippen molar-refractivity contribution in [3.05, 3.63) is 0 Å². The Morgan fingerprint density at radius 3 is 2.62 bits per heavy atom. The highest BCUT2D eigenvalue weighted by molar-refractivity contribution is 5.77. The van der Waals surface area contributed by atoms with Crippen LogP contribution in [0.4, 0.5) is 0 Å². The molecular weight excluding hydrogens is 214 g/mol. The third-order valence-corrected chi connectivity index (χ3v) is 2.25. The average molecular weight is 229 g/mol. The Balaban J connectivity index is 2.64. The van der Waals surface area contributed by atoms with Crippen LogP contribution in [0, 0.1) is 0 Å². The molecule has 0 bridgehead atoms. The lowest BCUT2D eigenvalue weighted by atomic mass is 10.1. The lowest BCUT2D eigenvalue weighted by Crippen LogP contribution is -2.45. The topological polar surface area (TPSA) is 81.7 Å². The fourth-order valence-electron chi connectivity index (χ4n) is 1.72. The van der Waals surface area contributed by atoms with Gasteiger partial charge in [0.25, 0.3) is 0 Å². The van der Waals surface area contributed by atoms with Gasteiger partial charge < -0.3 is 14.8 Å². The molecule has 0 saturated carbocycles. The lowest BCUT2D eigenvalue weighted by molar-refractivity contribution is -0.159. The van der Waals surface area contributed by atoms with Crippen LogP contribution < -0.4 is 5.32 Å². The smallest absolute Gasteiger partial charge is 0.308 e. The zero-order valence-corrected chi connectivity index (χ0v) is 9.48. The molecule has 1 amide bonds. The number of amides is 1. The van der Waals surface area contributed by atoms with Gasteiger partial charge in [-0.15, -0.1) is 0 Å². The molecule has 3 atom stereocenters. The Morgan fingerprint density at radius 1 is 1.50 bits per heavy atom. The molecular formula is C10H15NO5. The Morgan fingerprint density at radius 2 is 2.12 bits per heavy atom. The Bertz CT molecular complexity index is 314. The van der Waals surface area contributed by atoms with Crippen molar-refractivity contribution in [2.24, 2.45) is 0 Å². The molecule has 0 aromatic carbocycles. The number of carbonyl (C=O) groups is 3. The third kappa shape index (κ3) is 3.22. The summed E-state index contributed by atoms with van der Waals surface area (Å²) in [6, 6.07) is -0.431. The zero-order valence-electron chi connectivity index (χ0n) is 9.48. The molecule has 0 aromatic heterocycles. The quantitative estimate of drug-likeness (QED) is 0.675. The predicted octanol–water partition coefficient (Wildman–Crippen LogP) is -0.242. The number of rotatable bonds is 3. The van der Waals surface area contributed by atoms with Crippen LogP contribution in [-0.4, -0.2) is 36.1 Å². The largest absolute Gasteiger partial charge is 0.459 e. The van der Waals surface area contributed by atoms with Crippen LogP contribution in [0.1, 0.15) is 27.2 Å². The molecule has 6 heteroatoms. The molecule has 0 spiro atoms. The van der Waals surface area contributed by atoms with E-state index in [0.29, 0.717) is 0 Å². The van der Waals surface area contributed by atoms with E-state index < -0.39 is 30.2 Å². The highest BCUT2D eigenvalue weighted by atomic mass is 16.6. The molecule has 0 unspecified atom stereocenters. The van der Waals surface area contributed by atoms with Crippen molar-refractivity contribution in [3.63, 3.8) is 0 Å². The lowest BCUT2D eigenvalue weighted by Gasteiger charge is -2.23. The van der Waals surface area contributed by atoms with E-state index in [1.807, 2.05) is 0 Å². The molecule has 1 fully saturated rings. The van der Waals surface area contributed by atoms with Crippen LogP contribution in [0.2, 0.25) is 0 Å². The molecule has 0 aromatic rings. The van der Waals surface area contributed by atoms with Gasteiger partial charge in [0.1, 0.15) is 6.10 Å². The summed E-state index contributed by atoms with van der Waals surface area (Å²) < 4.78 is 9.93. The van der Waals surface area contributed by atoms with Crippen molar-refractivity contribution in [1.82, 2.24) is 5.32 Å². The number of ether oxygens (including phenoxy) is 2. The molecule has 90 valence electrons. The van der Waals surface area contributed by atoms with Crippen LogP contribution in [0.15, 0.2) is 0 Å². The first-order valence-electron chi connectivity index (χ1n) is 5.04. The van der Waals surface area contributed by atoms with Crippen molar-refractivity contribution in [1.29, 1.82) is 0 Å². The SMILES string of the molecule is CC(=O)N[C@@H]1CC(=O)O[C@H]1[C@@H](C)OC(C)=O. The van der Waals surface area contributed by atoms with Crippen molar-refractivity contribution >= 4 is 17.8 Å². The number of cyclic esters (lactones) is 1. The number of nitrogens with one attached hydrogen (secondary N) is 1. The summed E-state index contributed by atoms with van der Waals surface area (Å²) in [5.41, 5.74) is 0. The van der Waals surface area contributed by atoms with Crippen LogP contribution in [0.3, 0.4) is 0 Å². The van der Waals surface area contributed by atoms with E-state index in [4.69, 9.17) is 9.47 Å². The van der Waals surface area contributed by atoms with E-state index in [1.165, 1.54) is 13.8 Å². The van der Waals surface area contributed by atoms with Gasteiger partial charge in [0.15, 0.2) is 6.10 Å². The standard InChI is InChI=1S/C10H15NO5/c1-5(15-7(3)13)10-8(11-6(2)12)4-9(14)16-10/h5,8,10H,4H2,1-3H3,(H,11,12)/t5-,8-,10+/m1/s1. The average Bonchev–Trinajstić information content (AvgIpc) is 2.44. The summed E-state index contributed by atoms with van der Waals surface area (Å²) in [5, 5.41) is 2.60. The first-order valence-corrected chi connectivity index (χ1v) is 5.04. The van der Waals surface area contributed by atoms with Gasteiger partial charge in [-0.05, 0) is 6.92 Å². The molecule has 16 heavy (non-hydrogen) atoms. The molecule has 1 N–H and O–H groups in total. The number of carbonyl (C=O) groups excluding carboxylic acids is 3. The molecule has 1 aliphatic heterocycles. The minimum absolute atomic E-state index is 0.107. The van der Waals surface area contributed by atoms with E-state index in [0.717, 1.165) is 0 Å². The van der Waals surface area contributed by atoms with Gasteiger partial charge in [0.2, 0.25) is 5.91 Å². The third-order valence-electron chi connectivity index (χ3n) is 2.25. The van der Waals surface area contributed by atoms with Gasteiger partial charge in [-0.3, -0.25) is 14.4 Å². The van der Waals surface area contributed by atoms with E-state index >= 15 is 0 Å². The summed E-state index contributed by atoms with van der Waals surface area (Å²) in [4.78, 5) is 32.8. The first-order chi connectivity index (χ1) is 7.40. The van der Waals surface area contributed by atoms with Gasteiger partial charge in [0, 0.05) is 13.8 Å².